The Morgan fingerprint density at radius 3 is 1.76 bits per heavy atom. The van der Waals surface area contributed by atoms with Gasteiger partial charge in [-0.1, -0.05) is 43.7 Å². The standard InChI is InChI=1S/C40H60N10O16/c1-20(33(59)32-40(66)49-32)8-6-7-13-42-50-26(14-22-9-4-3-5-10-22)36(62)47-27(18-53)37(63)44-24(11-12-30(57)58)34(60)46-28(19-54)38(64)48-31(21(2)55)39(65)45-25(15-29(41)56)35(61)43-23(16-51)17-52/h3-5,9-10,16,20-21,23-28,31-32,42,50,52-55H,6-8,11-15,17-19H2,1-2H3,(H2,41,56)(H,43,61)(H,44,63)(H,45,65)(H,46,60)(H,47,62)(H,48,64)(H,49,66)(H,57,58)/t20?,21-,23?,24?,25+,26?,27+,28+,31+,32?/m1/s1. The van der Waals surface area contributed by atoms with Gasteiger partial charge >= 0.3 is 5.97 Å². The Morgan fingerprint density at radius 1 is 0.712 bits per heavy atom. The van der Waals surface area contributed by atoms with Crippen molar-refractivity contribution in [1.29, 1.82) is 0 Å². The van der Waals surface area contributed by atoms with Crippen LogP contribution in [-0.2, 0) is 59.2 Å². The number of carbonyl (C=O) groups is 11. The molecule has 5 unspecified atom stereocenters. The SMILES string of the molecule is CC(CCCCNNC(Cc1ccccc1)C(=O)N[C@@H](CO)C(=O)NC(CCC(=O)O)C(=O)N[C@@H](CO)C(=O)N[C@H](C(=O)N[C@@H](CC(N)=O)C(=O)NC(C=O)CO)[C@@H](C)O)C(=O)C1NC1=O. The van der Waals surface area contributed by atoms with E-state index in [1.807, 2.05) is 0 Å². The molecule has 0 aromatic heterocycles. The molecule has 66 heavy (non-hydrogen) atoms. The van der Waals surface area contributed by atoms with Crippen molar-refractivity contribution in [3.8, 4) is 0 Å². The lowest BCUT2D eigenvalue weighted by atomic mass is 9.97. The van der Waals surface area contributed by atoms with E-state index >= 15 is 0 Å². The van der Waals surface area contributed by atoms with Crippen LogP contribution in [0.15, 0.2) is 30.3 Å². The molecule has 1 aliphatic heterocycles. The summed E-state index contributed by atoms with van der Waals surface area (Å²) < 4.78 is 0. The Morgan fingerprint density at radius 2 is 1.24 bits per heavy atom. The van der Waals surface area contributed by atoms with Crippen LogP contribution >= 0.6 is 0 Å². The number of ketones is 1. The third kappa shape index (κ3) is 19.3. The molecule has 366 valence electrons. The van der Waals surface area contributed by atoms with E-state index < -0.39 is 141 Å². The Hall–Kier alpha value is -6.45. The van der Waals surface area contributed by atoms with E-state index in [1.165, 1.54) is 0 Å². The number of aldehydes is 1. The maximum absolute atomic E-state index is 13.6. The van der Waals surface area contributed by atoms with Gasteiger partial charge in [-0.2, -0.15) is 0 Å². The lowest BCUT2D eigenvalue weighted by Crippen LogP contribution is -2.62. The van der Waals surface area contributed by atoms with Crippen LogP contribution in [-0.4, -0.2) is 172 Å². The Kier molecular flexibility index (Phi) is 24.0. The molecular weight excluding hydrogens is 876 g/mol. The number of aliphatic hydroxyl groups excluding tert-OH is 4. The quantitative estimate of drug-likeness (QED) is 0.0102. The topological polar surface area (TPSA) is 433 Å². The van der Waals surface area contributed by atoms with Crippen LogP contribution in [0.2, 0.25) is 0 Å². The zero-order valence-electron chi connectivity index (χ0n) is 36.3. The van der Waals surface area contributed by atoms with Crippen LogP contribution in [0, 0.1) is 5.92 Å². The summed E-state index contributed by atoms with van der Waals surface area (Å²) in [5.74, 6) is -10.2. The number of aliphatic carboxylic acids is 1. The lowest BCUT2D eigenvalue weighted by molar-refractivity contribution is -0.139. The van der Waals surface area contributed by atoms with Gasteiger partial charge in [0.25, 0.3) is 5.91 Å². The van der Waals surface area contributed by atoms with Gasteiger partial charge in [-0.3, -0.25) is 53.4 Å². The molecule has 1 aromatic carbocycles. The number of unbranched alkanes of at least 4 members (excludes halogenated alkanes) is 1. The first-order valence-electron chi connectivity index (χ1n) is 20.9. The van der Waals surface area contributed by atoms with Crippen molar-refractivity contribution in [1.82, 2.24) is 48.1 Å². The second-order valence-corrected chi connectivity index (χ2v) is 15.4. The fraction of sp³-hybridized carbons (Fsp3) is 0.575. The van der Waals surface area contributed by atoms with E-state index in [1.54, 1.807) is 37.3 Å². The van der Waals surface area contributed by atoms with Gasteiger partial charge in [0.15, 0.2) is 11.8 Å². The first-order valence-corrected chi connectivity index (χ1v) is 20.9. The van der Waals surface area contributed by atoms with Gasteiger partial charge in [0.1, 0.15) is 48.6 Å². The highest BCUT2D eigenvalue weighted by atomic mass is 16.4. The summed E-state index contributed by atoms with van der Waals surface area (Å²) in [6.07, 6.45) is -1.91. The van der Waals surface area contributed by atoms with Crippen molar-refractivity contribution in [3.05, 3.63) is 35.9 Å². The number of nitrogens with two attached hydrogens (primary N) is 1. The molecule has 16 N–H and O–H groups in total. The molecule has 0 saturated carbocycles. The molecule has 0 bridgehead atoms. The molecule has 1 fully saturated rings. The number of carboxylic acids is 1. The smallest absolute Gasteiger partial charge is 0.303 e. The summed E-state index contributed by atoms with van der Waals surface area (Å²) in [6, 6.07) is -3.57. The van der Waals surface area contributed by atoms with Crippen molar-refractivity contribution >= 4 is 65.3 Å². The maximum Gasteiger partial charge on any atom is 0.303 e. The van der Waals surface area contributed by atoms with E-state index in [2.05, 4.69) is 48.1 Å². The summed E-state index contributed by atoms with van der Waals surface area (Å²) in [7, 11) is 0. The van der Waals surface area contributed by atoms with Crippen LogP contribution in [0.5, 0.6) is 0 Å². The number of hydrazine groups is 1. The van der Waals surface area contributed by atoms with Gasteiger partial charge in [0, 0.05) is 18.9 Å². The number of carboxylic acid groups (broad SMARTS) is 1. The molecular formula is C40H60N10O16. The zero-order valence-corrected chi connectivity index (χ0v) is 36.3. The third-order valence-corrected chi connectivity index (χ3v) is 10.0. The highest BCUT2D eigenvalue weighted by molar-refractivity contribution is 6.17. The van der Waals surface area contributed by atoms with Crippen LogP contribution in [0.4, 0.5) is 0 Å². The van der Waals surface area contributed by atoms with Crippen LogP contribution in [0.25, 0.3) is 0 Å². The van der Waals surface area contributed by atoms with Gasteiger partial charge in [-0.25, -0.2) is 5.43 Å². The maximum atomic E-state index is 13.6. The fourth-order valence-electron chi connectivity index (χ4n) is 6.12. The molecule has 1 aliphatic rings. The minimum Gasteiger partial charge on any atom is -0.481 e. The average Bonchev–Trinajstić information content (AvgIpc) is 4.02. The highest BCUT2D eigenvalue weighted by Gasteiger charge is 2.42. The van der Waals surface area contributed by atoms with Gasteiger partial charge in [-0.15, -0.1) is 0 Å². The Bertz CT molecular complexity index is 1870. The molecule has 1 aromatic rings. The summed E-state index contributed by atoms with van der Waals surface area (Å²) in [4.78, 5) is 137. The minimum atomic E-state index is -1.93. The third-order valence-electron chi connectivity index (χ3n) is 10.0. The second kappa shape index (κ2) is 28.5. The van der Waals surface area contributed by atoms with Gasteiger partial charge < -0.3 is 73.3 Å². The van der Waals surface area contributed by atoms with Crippen molar-refractivity contribution in [2.24, 2.45) is 11.7 Å². The monoisotopic (exact) mass is 936 g/mol. The predicted octanol–water partition coefficient (Wildman–Crippen LogP) is -7.23. The van der Waals surface area contributed by atoms with Crippen molar-refractivity contribution in [2.75, 3.05) is 26.4 Å². The Balaban J connectivity index is 2.14. The number of amides is 8. The zero-order chi connectivity index (χ0) is 49.5. The lowest BCUT2D eigenvalue weighted by Gasteiger charge is -2.27. The first kappa shape index (κ1) is 55.7. The minimum absolute atomic E-state index is 0.0922. The van der Waals surface area contributed by atoms with Gasteiger partial charge in [0.2, 0.25) is 41.4 Å². The summed E-state index contributed by atoms with van der Waals surface area (Å²) in [6.45, 7) is 0.113. The van der Waals surface area contributed by atoms with Crippen LogP contribution < -0.4 is 53.8 Å². The number of Topliss-reactive ketones (excluding diaryl/α,β-unsaturated/α-hetero) is 1. The molecule has 0 aliphatic carbocycles. The predicted molar refractivity (Wildman–Crippen MR) is 226 cm³/mol. The van der Waals surface area contributed by atoms with Gasteiger partial charge in [0.05, 0.1) is 32.3 Å². The molecule has 1 heterocycles. The molecule has 2 rings (SSSR count). The molecule has 10 atom stereocenters. The summed E-state index contributed by atoms with van der Waals surface area (Å²) >= 11 is 0. The van der Waals surface area contributed by atoms with Crippen LogP contribution in [0.3, 0.4) is 0 Å². The van der Waals surface area contributed by atoms with E-state index in [9.17, 15) is 78.3 Å². The number of hydrogen-bond acceptors (Lipinski definition) is 17. The summed E-state index contributed by atoms with van der Waals surface area (Å²) in [5.41, 5.74) is 11.7. The molecule has 26 nitrogen and oxygen atoms in total. The van der Waals surface area contributed by atoms with Crippen LogP contribution in [0.1, 0.15) is 57.9 Å². The molecule has 0 radical (unpaired) electrons. The van der Waals surface area contributed by atoms with Crippen molar-refractivity contribution in [3.63, 3.8) is 0 Å². The number of rotatable bonds is 33. The van der Waals surface area contributed by atoms with E-state index in [0.717, 1.165) is 6.92 Å². The Labute approximate surface area is 378 Å². The number of nitrogens with one attached hydrogen (secondary N) is 9. The summed E-state index contributed by atoms with van der Waals surface area (Å²) in [5, 5.41) is 64.4. The number of carbonyl (C=O) groups excluding carboxylic acids is 10. The largest absolute Gasteiger partial charge is 0.481 e. The van der Waals surface area contributed by atoms with Crippen molar-refractivity contribution in [2.45, 2.75) is 113 Å². The molecule has 0 spiro atoms. The highest BCUT2D eigenvalue weighted by Crippen LogP contribution is 2.15. The molecule has 8 amide bonds. The first-order chi connectivity index (χ1) is 31.3. The molecule has 1 saturated heterocycles. The van der Waals surface area contributed by atoms with E-state index in [4.69, 9.17) is 5.73 Å². The normalized spacial score (nSPS) is 17.0. The average molecular weight is 937 g/mol. The number of hydrogen-bond donors (Lipinski definition) is 15. The van der Waals surface area contributed by atoms with Crippen molar-refractivity contribution < 1.29 is 78.3 Å². The number of aliphatic hydroxyl groups is 4. The fourth-order valence-corrected chi connectivity index (χ4v) is 6.12. The van der Waals surface area contributed by atoms with E-state index in [0.29, 0.717) is 31.4 Å². The van der Waals surface area contributed by atoms with Gasteiger partial charge in [-0.05, 0) is 38.2 Å². The number of primary amides is 1. The van der Waals surface area contributed by atoms with E-state index in [-0.39, 0.29) is 30.3 Å². The number of benzene rings is 1. The molecule has 26 heteroatoms. The second-order valence-electron chi connectivity index (χ2n) is 15.4.